The van der Waals surface area contributed by atoms with Crippen molar-refractivity contribution in [2.45, 2.75) is 6.92 Å². The van der Waals surface area contributed by atoms with Gasteiger partial charge in [-0.25, -0.2) is 9.97 Å². The maximum Gasteiger partial charge on any atom is 0.274 e. The fourth-order valence-electron chi connectivity index (χ4n) is 2.32. The zero-order chi connectivity index (χ0) is 19.2. The zero-order valence-corrected chi connectivity index (χ0v) is 14.4. The van der Waals surface area contributed by atoms with Gasteiger partial charge in [0, 0.05) is 23.1 Å². The lowest BCUT2D eigenvalue weighted by molar-refractivity contribution is 0.101. The van der Waals surface area contributed by atoms with E-state index in [1.165, 1.54) is 19.2 Å². The highest BCUT2D eigenvalue weighted by molar-refractivity contribution is 6.03. The molecule has 0 saturated heterocycles. The van der Waals surface area contributed by atoms with Crippen LogP contribution in [0.3, 0.4) is 0 Å². The smallest absolute Gasteiger partial charge is 0.274 e. The van der Waals surface area contributed by atoms with Crippen molar-refractivity contribution in [1.29, 1.82) is 5.26 Å². The summed E-state index contributed by atoms with van der Waals surface area (Å²) in [5, 5.41) is 14.6. The highest BCUT2D eigenvalue weighted by Gasteiger charge is 2.10. The quantitative estimate of drug-likeness (QED) is 0.676. The van der Waals surface area contributed by atoms with Gasteiger partial charge in [0.25, 0.3) is 5.91 Å². The molecule has 7 nitrogen and oxygen atoms in total. The van der Waals surface area contributed by atoms with Gasteiger partial charge in [-0.3, -0.25) is 9.59 Å². The first-order valence-electron chi connectivity index (χ1n) is 8.08. The molecule has 0 fully saturated rings. The Bertz CT molecular complexity index is 1040. The Kier molecular flexibility index (Phi) is 5.19. The minimum atomic E-state index is -0.414. The summed E-state index contributed by atoms with van der Waals surface area (Å²) in [6.45, 7) is 1.50. The summed E-state index contributed by atoms with van der Waals surface area (Å²) < 4.78 is 0. The van der Waals surface area contributed by atoms with Crippen molar-refractivity contribution in [2.24, 2.45) is 0 Å². The Morgan fingerprint density at radius 1 is 1.04 bits per heavy atom. The Hall–Kier alpha value is -4.05. The molecule has 0 aliphatic heterocycles. The molecule has 1 aromatic heterocycles. The number of hydrogen-bond acceptors (Lipinski definition) is 6. The number of benzene rings is 2. The largest absolute Gasteiger partial charge is 0.324 e. The Morgan fingerprint density at radius 2 is 1.81 bits per heavy atom. The first-order valence-corrected chi connectivity index (χ1v) is 8.08. The fraction of sp³-hybridized carbons (Fsp3) is 0.0500. The van der Waals surface area contributed by atoms with Crippen molar-refractivity contribution >= 4 is 29.0 Å². The molecule has 0 atom stereocenters. The molecule has 1 heterocycles. The predicted octanol–water partition coefficient (Wildman–Crippen LogP) is 3.55. The molecular formula is C20H15N5O2. The van der Waals surface area contributed by atoms with Gasteiger partial charge in [-0.1, -0.05) is 6.07 Å². The van der Waals surface area contributed by atoms with E-state index < -0.39 is 5.91 Å². The van der Waals surface area contributed by atoms with Gasteiger partial charge in [0.15, 0.2) is 5.78 Å². The summed E-state index contributed by atoms with van der Waals surface area (Å²) in [6.07, 6.45) is 1.47. The number of Topliss-reactive ketones (excluding diaryl/α,β-unsaturated/α-hetero) is 1. The third-order valence-corrected chi connectivity index (χ3v) is 3.69. The molecule has 0 unspecified atom stereocenters. The fourth-order valence-corrected chi connectivity index (χ4v) is 2.32. The standard InChI is InChI=1S/C20H15N5O2/c1-13(26)15-5-7-16(8-6-15)24-20-22-10-9-18(25-20)19(27)23-17-4-2-3-14(11-17)12-21/h2-11H,1H3,(H,23,27)(H,22,24,25). The van der Waals surface area contributed by atoms with Crippen LogP contribution in [-0.4, -0.2) is 21.7 Å². The van der Waals surface area contributed by atoms with Crippen LogP contribution in [0.5, 0.6) is 0 Å². The van der Waals surface area contributed by atoms with E-state index in [1.807, 2.05) is 6.07 Å². The van der Waals surface area contributed by atoms with Crippen LogP contribution in [0.2, 0.25) is 0 Å². The number of hydrogen-bond donors (Lipinski definition) is 2. The molecule has 0 aliphatic carbocycles. The number of rotatable bonds is 5. The number of carbonyl (C=O) groups excluding carboxylic acids is 2. The summed E-state index contributed by atoms with van der Waals surface area (Å²) in [7, 11) is 0. The number of nitrogens with zero attached hydrogens (tertiary/aromatic N) is 3. The first kappa shape index (κ1) is 17.8. The highest BCUT2D eigenvalue weighted by atomic mass is 16.2. The molecule has 2 aromatic carbocycles. The summed E-state index contributed by atoms with van der Waals surface area (Å²) in [5.74, 6) is -0.177. The monoisotopic (exact) mass is 357 g/mol. The normalized spacial score (nSPS) is 9.93. The highest BCUT2D eigenvalue weighted by Crippen LogP contribution is 2.15. The van der Waals surface area contributed by atoms with E-state index in [0.29, 0.717) is 22.5 Å². The molecule has 132 valence electrons. The second kappa shape index (κ2) is 7.89. The van der Waals surface area contributed by atoms with Crippen LogP contribution in [0.1, 0.15) is 33.3 Å². The van der Waals surface area contributed by atoms with E-state index in [-0.39, 0.29) is 17.4 Å². The van der Waals surface area contributed by atoms with E-state index in [4.69, 9.17) is 5.26 Å². The van der Waals surface area contributed by atoms with Crippen molar-refractivity contribution in [1.82, 2.24) is 9.97 Å². The van der Waals surface area contributed by atoms with E-state index in [2.05, 4.69) is 20.6 Å². The second-order valence-corrected chi connectivity index (χ2v) is 5.67. The number of aromatic nitrogens is 2. The maximum atomic E-state index is 12.4. The van der Waals surface area contributed by atoms with Gasteiger partial charge in [0.05, 0.1) is 11.6 Å². The van der Waals surface area contributed by atoms with Crippen molar-refractivity contribution in [2.75, 3.05) is 10.6 Å². The number of anilines is 3. The lowest BCUT2D eigenvalue weighted by atomic mass is 10.1. The Balaban J connectivity index is 1.73. The Morgan fingerprint density at radius 3 is 2.52 bits per heavy atom. The van der Waals surface area contributed by atoms with Crippen LogP contribution < -0.4 is 10.6 Å². The number of nitriles is 1. The lowest BCUT2D eigenvalue weighted by Crippen LogP contribution is -2.14. The van der Waals surface area contributed by atoms with Gasteiger partial charge < -0.3 is 10.6 Å². The molecule has 0 aliphatic rings. The summed E-state index contributed by atoms with van der Waals surface area (Å²) in [4.78, 5) is 32.0. The summed E-state index contributed by atoms with van der Waals surface area (Å²) in [6, 6.07) is 17.0. The van der Waals surface area contributed by atoms with Crippen molar-refractivity contribution < 1.29 is 9.59 Å². The Labute approximate surface area is 155 Å². The van der Waals surface area contributed by atoms with Crippen molar-refractivity contribution in [3.8, 4) is 6.07 Å². The molecule has 0 radical (unpaired) electrons. The molecule has 3 rings (SSSR count). The molecule has 27 heavy (non-hydrogen) atoms. The third kappa shape index (κ3) is 4.52. The van der Waals surface area contributed by atoms with E-state index in [0.717, 1.165) is 0 Å². The topological polar surface area (TPSA) is 108 Å². The summed E-state index contributed by atoms with van der Waals surface area (Å²) in [5.41, 5.74) is 2.43. The van der Waals surface area contributed by atoms with Crippen LogP contribution in [0.4, 0.5) is 17.3 Å². The van der Waals surface area contributed by atoms with Crippen molar-refractivity contribution in [3.05, 3.63) is 77.6 Å². The molecule has 0 bridgehead atoms. The summed E-state index contributed by atoms with van der Waals surface area (Å²) >= 11 is 0. The van der Waals surface area contributed by atoms with Gasteiger partial charge in [0.2, 0.25) is 5.95 Å². The van der Waals surface area contributed by atoms with E-state index >= 15 is 0 Å². The van der Waals surface area contributed by atoms with Gasteiger partial charge in [-0.15, -0.1) is 0 Å². The number of nitrogens with one attached hydrogen (secondary N) is 2. The molecule has 3 aromatic rings. The number of amides is 1. The van der Waals surface area contributed by atoms with Crippen LogP contribution in [-0.2, 0) is 0 Å². The minimum Gasteiger partial charge on any atom is -0.324 e. The maximum absolute atomic E-state index is 12.4. The van der Waals surface area contributed by atoms with E-state index in [1.54, 1.807) is 48.5 Å². The minimum absolute atomic E-state index is 0.0167. The number of ketones is 1. The zero-order valence-electron chi connectivity index (χ0n) is 14.4. The molecular weight excluding hydrogens is 342 g/mol. The SMILES string of the molecule is CC(=O)c1ccc(Nc2nccc(C(=O)Nc3cccc(C#N)c3)n2)cc1. The van der Waals surface area contributed by atoms with E-state index in [9.17, 15) is 9.59 Å². The average molecular weight is 357 g/mol. The average Bonchev–Trinajstić information content (AvgIpc) is 2.68. The molecule has 0 spiro atoms. The van der Waals surface area contributed by atoms with Crippen molar-refractivity contribution in [3.63, 3.8) is 0 Å². The molecule has 1 amide bonds. The third-order valence-electron chi connectivity index (χ3n) is 3.69. The predicted molar refractivity (Wildman–Crippen MR) is 101 cm³/mol. The molecule has 0 saturated carbocycles. The van der Waals surface area contributed by atoms with Crippen LogP contribution in [0.25, 0.3) is 0 Å². The van der Waals surface area contributed by atoms with Gasteiger partial charge >= 0.3 is 0 Å². The van der Waals surface area contributed by atoms with Gasteiger partial charge in [-0.2, -0.15) is 5.26 Å². The van der Waals surface area contributed by atoms with Gasteiger partial charge in [0.1, 0.15) is 5.69 Å². The second-order valence-electron chi connectivity index (χ2n) is 5.67. The lowest BCUT2D eigenvalue weighted by Gasteiger charge is -2.08. The number of carbonyl (C=O) groups is 2. The van der Waals surface area contributed by atoms with Crippen LogP contribution in [0, 0.1) is 11.3 Å². The molecule has 2 N–H and O–H groups in total. The first-order chi connectivity index (χ1) is 13.0. The molecule has 7 heteroatoms. The van der Waals surface area contributed by atoms with Crippen LogP contribution in [0.15, 0.2) is 60.8 Å². The van der Waals surface area contributed by atoms with Crippen LogP contribution >= 0.6 is 0 Å². The van der Waals surface area contributed by atoms with Gasteiger partial charge in [-0.05, 0) is 55.5 Å².